The Bertz CT molecular complexity index is 934. The molecule has 4 rings (SSSR count). The standard InChI is InChI=1S/C26H35ClN2O4/c1-14(2)8-16-10-19(11-16)26-24(17-4-5-17)25(29-33-26)18(13-23(31)32)12-22(30)28-21-7-6-20(27)9-15(21)3/h6-7,9,14,16-19,25,29H,4-5,8,10-13H2,1-3H3,(H,28,30)(H,31,32). The smallest absolute Gasteiger partial charge is 0.303 e. The monoisotopic (exact) mass is 474 g/mol. The fourth-order valence-corrected chi connectivity index (χ4v) is 5.70. The highest BCUT2D eigenvalue weighted by molar-refractivity contribution is 6.30. The van der Waals surface area contributed by atoms with E-state index >= 15 is 0 Å². The van der Waals surface area contributed by atoms with E-state index in [1.807, 2.05) is 6.92 Å². The Morgan fingerprint density at radius 2 is 1.94 bits per heavy atom. The van der Waals surface area contributed by atoms with Crippen LogP contribution >= 0.6 is 11.6 Å². The molecule has 2 saturated carbocycles. The lowest BCUT2D eigenvalue weighted by Gasteiger charge is -2.36. The van der Waals surface area contributed by atoms with E-state index < -0.39 is 5.97 Å². The molecule has 2 aliphatic carbocycles. The molecule has 1 heterocycles. The molecule has 7 heteroatoms. The molecule has 3 N–H and O–H groups in total. The highest BCUT2D eigenvalue weighted by Crippen LogP contribution is 2.51. The second-order valence-electron chi connectivity index (χ2n) is 10.5. The van der Waals surface area contributed by atoms with Crippen LogP contribution in [0.1, 0.15) is 64.4 Å². The first-order valence-corrected chi connectivity index (χ1v) is 12.5. The quantitative estimate of drug-likeness (QED) is 0.404. The van der Waals surface area contributed by atoms with E-state index in [0.29, 0.717) is 28.5 Å². The Morgan fingerprint density at radius 1 is 1.21 bits per heavy atom. The van der Waals surface area contributed by atoms with Gasteiger partial charge in [0.2, 0.25) is 5.91 Å². The molecule has 2 unspecified atom stereocenters. The zero-order chi connectivity index (χ0) is 23.7. The maximum Gasteiger partial charge on any atom is 0.303 e. The van der Waals surface area contributed by atoms with E-state index in [0.717, 1.165) is 42.9 Å². The van der Waals surface area contributed by atoms with E-state index in [-0.39, 0.29) is 30.7 Å². The summed E-state index contributed by atoms with van der Waals surface area (Å²) in [7, 11) is 0. The number of benzene rings is 1. The third-order valence-electron chi connectivity index (χ3n) is 7.16. The van der Waals surface area contributed by atoms with Gasteiger partial charge in [-0.1, -0.05) is 25.4 Å². The number of aliphatic carboxylic acids is 1. The van der Waals surface area contributed by atoms with Crippen LogP contribution in [0.5, 0.6) is 0 Å². The number of halogens is 1. The lowest BCUT2D eigenvalue weighted by Crippen LogP contribution is -2.37. The van der Waals surface area contributed by atoms with Gasteiger partial charge in [0.05, 0.1) is 12.5 Å². The molecule has 0 bridgehead atoms. The van der Waals surface area contributed by atoms with E-state index in [1.165, 1.54) is 12.0 Å². The summed E-state index contributed by atoms with van der Waals surface area (Å²) in [4.78, 5) is 30.6. The number of aryl methyl sites for hydroxylation is 1. The van der Waals surface area contributed by atoms with Crippen LogP contribution in [0.15, 0.2) is 29.5 Å². The summed E-state index contributed by atoms with van der Waals surface area (Å²) in [5, 5.41) is 13.1. The summed E-state index contributed by atoms with van der Waals surface area (Å²) < 4.78 is 0. The molecule has 2 atom stereocenters. The van der Waals surface area contributed by atoms with Gasteiger partial charge in [-0.15, -0.1) is 5.48 Å². The topological polar surface area (TPSA) is 87.7 Å². The van der Waals surface area contributed by atoms with Crippen LogP contribution in [0.4, 0.5) is 5.69 Å². The molecule has 6 nitrogen and oxygen atoms in total. The Morgan fingerprint density at radius 3 is 2.55 bits per heavy atom. The summed E-state index contributed by atoms with van der Waals surface area (Å²) in [6.45, 7) is 6.41. The molecule has 3 aliphatic rings. The van der Waals surface area contributed by atoms with Crippen LogP contribution in [0.25, 0.3) is 0 Å². The lowest BCUT2D eigenvalue weighted by molar-refractivity contribution is -0.138. The van der Waals surface area contributed by atoms with Gasteiger partial charge in [0, 0.05) is 29.0 Å². The van der Waals surface area contributed by atoms with Gasteiger partial charge in [-0.2, -0.15) is 0 Å². The van der Waals surface area contributed by atoms with Gasteiger partial charge in [0.15, 0.2) is 0 Å². The molecule has 0 saturated heterocycles. The number of hydrogen-bond acceptors (Lipinski definition) is 4. The maximum atomic E-state index is 12.9. The fraction of sp³-hybridized carbons (Fsp3) is 0.615. The van der Waals surface area contributed by atoms with Gasteiger partial charge < -0.3 is 15.3 Å². The molecule has 1 aromatic rings. The number of carboxylic acid groups (broad SMARTS) is 1. The first kappa shape index (κ1) is 24.1. The number of nitrogens with one attached hydrogen (secondary N) is 2. The zero-order valence-electron chi connectivity index (χ0n) is 19.7. The number of amides is 1. The molecule has 0 spiro atoms. The highest BCUT2D eigenvalue weighted by atomic mass is 35.5. The number of allylic oxidation sites excluding steroid dienone is 1. The van der Waals surface area contributed by atoms with Crippen LogP contribution in [0, 0.1) is 36.5 Å². The fourth-order valence-electron chi connectivity index (χ4n) is 5.47. The Balaban J connectivity index is 1.47. The summed E-state index contributed by atoms with van der Waals surface area (Å²) >= 11 is 6.02. The molecule has 180 valence electrons. The molecular formula is C26H35ClN2O4. The largest absolute Gasteiger partial charge is 0.481 e. The highest BCUT2D eigenvalue weighted by Gasteiger charge is 2.47. The molecule has 0 radical (unpaired) electrons. The minimum absolute atomic E-state index is 0.0851. The number of rotatable bonds is 10. The predicted molar refractivity (Wildman–Crippen MR) is 129 cm³/mol. The Labute approximate surface area is 201 Å². The minimum Gasteiger partial charge on any atom is -0.481 e. The van der Waals surface area contributed by atoms with Crippen molar-refractivity contribution in [3.05, 3.63) is 40.1 Å². The normalized spacial score (nSPS) is 25.5. The maximum absolute atomic E-state index is 12.9. The summed E-state index contributed by atoms with van der Waals surface area (Å²) in [6.07, 6.45) is 5.76. The van der Waals surface area contributed by atoms with Gasteiger partial charge in [-0.25, -0.2) is 0 Å². The van der Waals surface area contributed by atoms with Gasteiger partial charge in [-0.05, 0) is 86.1 Å². The van der Waals surface area contributed by atoms with Crippen molar-refractivity contribution in [1.29, 1.82) is 0 Å². The SMILES string of the molecule is Cc1cc(Cl)ccc1NC(=O)CC(CC(=O)O)C1NOC(C2CC(CC(C)C)C2)=C1C1CC1. The second-order valence-corrected chi connectivity index (χ2v) is 11.0. The Hall–Kier alpha value is -2.05. The van der Waals surface area contributed by atoms with Gasteiger partial charge >= 0.3 is 5.97 Å². The second kappa shape index (κ2) is 10.1. The van der Waals surface area contributed by atoms with Crippen LogP contribution in [-0.4, -0.2) is 23.0 Å². The van der Waals surface area contributed by atoms with Crippen molar-refractivity contribution < 1.29 is 19.5 Å². The average Bonchev–Trinajstić information content (AvgIpc) is 3.44. The summed E-state index contributed by atoms with van der Waals surface area (Å²) in [6, 6.07) is 5.07. The molecule has 33 heavy (non-hydrogen) atoms. The Kier molecular flexibility index (Phi) is 7.34. The molecule has 0 aromatic heterocycles. The van der Waals surface area contributed by atoms with Crippen molar-refractivity contribution in [3.63, 3.8) is 0 Å². The zero-order valence-corrected chi connectivity index (χ0v) is 20.5. The van der Waals surface area contributed by atoms with Crippen molar-refractivity contribution >= 4 is 29.2 Å². The summed E-state index contributed by atoms with van der Waals surface area (Å²) in [5.74, 6) is 1.86. The molecule has 2 fully saturated rings. The minimum atomic E-state index is -0.901. The molecule has 1 aromatic carbocycles. The number of carbonyl (C=O) groups excluding carboxylic acids is 1. The molecule has 1 amide bonds. The van der Waals surface area contributed by atoms with Crippen LogP contribution < -0.4 is 10.8 Å². The lowest BCUT2D eigenvalue weighted by atomic mass is 9.69. The van der Waals surface area contributed by atoms with E-state index in [9.17, 15) is 14.7 Å². The number of carbonyl (C=O) groups is 2. The molecular weight excluding hydrogens is 440 g/mol. The van der Waals surface area contributed by atoms with Crippen molar-refractivity contribution in [1.82, 2.24) is 5.48 Å². The third kappa shape index (κ3) is 5.90. The molecule has 1 aliphatic heterocycles. The van der Waals surface area contributed by atoms with Gasteiger partial charge in [-0.3, -0.25) is 9.59 Å². The van der Waals surface area contributed by atoms with Crippen molar-refractivity contribution in [2.24, 2.45) is 29.6 Å². The van der Waals surface area contributed by atoms with Crippen LogP contribution in [0.3, 0.4) is 0 Å². The van der Waals surface area contributed by atoms with E-state index in [1.54, 1.807) is 18.2 Å². The van der Waals surface area contributed by atoms with E-state index in [4.69, 9.17) is 16.4 Å². The number of hydroxylamine groups is 1. The van der Waals surface area contributed by atoms with Crippen molar-refractivity contribution in [2.75, 3.05) is 5.32 Å². The number of anilines is 1. The van der Waals surface area contributed by atoms with Gasteiger partial charge in [0.25, 0.3) is 0 Å². The van der Waals surface area contributed by atoms with Gasteiger partial charge in [0.1, 0.15) is 5.76 Å². The number of carboxylic acids is 1. The summed E-state index contributed by atoms with van der Waals surface area (Å²) in [5.41, 5.74) is 5.93. The van der Waals surface area contributed by atoms with E-state index in [2.05, 4.69) is 24.6 Å². The first-order chi connectivity index (χ1) is 15.7. The van der Waals surface area contributed by atoms with Crippen molar-refractivity contribution in [3.8, 4) is 0 Å². The first-order valence-electron chi connectivity index (χ1n) is 12.1. The van der Waals surface area contributed by atoms with Crippen LogP contribution in [-0.2, 0) is 14.4 Å². The van der Waals surface area contributed by atoms with Crippen LogP contribution in [0.2, 0.25) is 5.02 Å². The third-order valence-corrected chi connectivity index (χ3v) is 7.40. The average molecular weight is 475 g/mol. The predicted octanol–water partition coefficient (Wildman–Crippen LogP) is 5.71. The van der Waals surface area contributed by atoms with Crippen molar-refractivity contribution in [2.45, 2.75) is 71.8 Å². The number of hydrogen-bond donors (Lipinski definition) is 3.